The Morgan fingerprint density at radius 2 is 1.50 bits per heavy atom. The van der Waals surface area contributed by atoms with E-state index >= 15 is 0 Å². The van der Waals surface area contributed by atoms with E-state index in [4.69, 9.17) is 9.47 Å². The van der Waals surface area contributed by atoms with Crippen LogP contribution in [0.1, 0.15) is 10.4 Å². The molecular weight excluding hydrogens is 472 g/mol. The van der Waals surface area contributed by atoms with Gasteiger partial charge in [0.2, 0.25) is 0 Å². The predicted octanol–water partition coefficient (Wildman–Crippen LogP) is 5.39. The van der Waals surface area contributed by atoms with Crippen LogP contribution in [0.5, 0.6) is 17.4 Å². The van der Waals surface area contributed by atoms with Crippen LogP contribution in [-0.2, 0) is 0 Å². The van der Waals surface area contributed by atoms with E-state index in [9.17, 15) is 4.79 Å². The average Bonchev–Trinajstić information content (AvgIpc) is 2.95. The topological polar surface area (TPSA) is 67.8 Å². The number of hydrogen-bond acceptors (Lipinski definition) is 7. The molecule has 182 valence electrons. The third-order valence-corrected chi connectivity index (χ3v) is 6.97. The van der Waals surface area contributed by atoms with Gasteiger partial charge < -0.3 is 19.3 Å². The van der Waals surface area contributed by atoms with Crippen molar-refractivity contribution in [1.29, 1.82) is 0 Å². The zero-order chi connectivity index (χ0) is 24.7. The Hall–Kier alpha value is -4.04. The normalized spacial score (nSPS) is 13.4. The zero-order valence-corrected chi connectivity index (χ0v) is 20.7. The summed E-state index contributed by atoms with van der Waals surface area (Å²) in [5.74, 6) is 1.94. The molecule has 8 heteroatoms. The first-order valence-electron chi connectivity index (χ1n) is 11.7. The van der Waals surface area contributed by atoms with Crippen LogP contribution in [-0.4, -0.2) is 54.1 Å². The number of anilines is 1. The summed E-state index contributed by atoms with van der Waals surface area (Å²) >= 11 is 1.38. The number of aromatic nitrogens is 2. The number of ether oxygens (including phenoxy) is 2. The Balaban J connectivity index is 1.29. The average molecular weight is 499 g/mol. The summed E-state index contributed by atoms with van der Waals surface area (Å²) in [5, 5.41) is 0.603. The van der Waals surface area contributed by atoms with Gasteiger partial charge in [-0.25, -0.2) is 9.97 Å². The molecule has 5 rings (SSSR count). The van der Waals surface area contributed by atoms with E-state index < -0.39 is 0 Å². The first-order chi connectivity index (χ1) is 17.7. The molecule has 1 aromatic heterocycles. The Morgan fingerprint density at radius 3 is 2.25 bits per heavy atom. The molecule has 0 unspecified atom stereocenters. The first-order valence-corrected chi connectivity index (χ1v) is 12.5. The second kappa shape index (κ2) is 11.1. The van der Waals surface area contributed by atoms with Crippen molar-refractivity contribution in [3.8, 4) is 17.4 Å². The second-order valence-electron chi connectivity index (χ2n) is 8.16. The number of piperazine rings is 1. The highest BCUT2D eigenvalue weighted by Gasteiger charge is 2.25. The van der Waals surface area contributed by atoms with E-state index in [0.717, 1.165) is 29.4 Å². The molecule has 0 aliphatic carbocycles. The van der Waals surface area contributed by atoms with Gasteiger partial charge >= 0.3 is 0 Å². The van der Waals surface area contributed by atoms with Crippen molar-refractivity contribution in [2.24, 2.45) is 0 Å². The van der Waals surface area contributed by atoms with Gasteiger partial charge in [0.1, 0.15) is 11.5 Å². The summed E-state index contributed by atoms with van der Waals surface area (Å²) in [7, 11) is 1.66. The lowest BCUT2D eigenvalue weighted by Crippen LogP contribution is -2.48. The minimum atomic E-state index is 0.0156. The van der Waals surface area contributed by atoms with Gasteiger partial charge in [-0.05, 0) is 48.5 Å². The highest BCUT2D eigenvalue weighted by Crippen LogP contribution is 2.36. The Labute approximate surface area is 214 Å². The van der Waals surface area contributed by atoms with Gasteiger partial charge in [-0.15, -0.1) is 0 Å². The zero-order valence-electron chi connectivity index (χ0n) is 19.9. The number of rotatable bonds is 7. The Kier molecular flexibility index (Phi) is 7.33. The van der Waals surface area contributed by atoms with Crippen molar-refractivity contribution in [2.45, 2.75) is 9.92 Å². The van der Waals surface area contributed by atoms with Gasteiger partial charge in [0.15, 0.2) is 5.03 Å². The summed E-state index contributed by atoms with van der Waals surface area (Å²) in [6.07, 6.45) is 3.23. The molecule has 1 saturated heterocycles. The number of para-hydroxylation sites is 1. The number of methoxy groups -OCH3 is 1. The summed E-state index contributed by atoms with van der Waals surface area (Å²) in [4.78, 5) is 27.4. The SMILES string of the molecule is COc1ccc(N2CCN(C(=O)c3ccccc3Sc3nccnc3Oc3ccccc3)CC2)cc1. The van der Waals surface area contributed by atoms with E-state index in [1.807, 2.05) is 71.6 Å². The molecule has 0 radical (unpaired) electrons. The molecule has 7 nitrogen and oxygen atoms in total. The van der Waals surface area contributed by atoms with Crippen molar-refractivity contribution < 1.29 is 14.3 Å². The fraction of sp³-hybridized carbons (Fsp3) is 0.179. The molecule has 1 fully saturated rings. The maximum atomic E-state index is 13.5. The quantitative estimate of drug-likeness (QED) is 0.338. The largest absolute Gasteiger partial charge is 0.497 e. The summed E-state index contributed by atoms with van der Waals surface area (Å²) in [6.45, 7) is 2.84. The predicted molar refractivity (Wildman–Crippen MR) is 140 cm³/mol. The van der Waals surface area contributed by atoms with Crippen LogP contribution < -0.4 is 14.4 Å². The number of amides is 1. The van der Waals surface area contributed by atoms with Gasteiger partial charge in [0, 0.05) is 49.2 Å². The van der Waals surface area contributed by atoms with Crippen LogP contribution in [0.15, 0.2) is 101 Å². The number of carbonyl (C=O) groups excluding carboxylic acids is 1. The lowest BCUT2D eigenvalue weighted by atomic mass is 10.1. The van der Waals surface area contributed by atoms with E-state index in [0.29, 0.717) is 35.3 Å². The minimum Gasteiger partial charge on any atom is -0.497 e. The molecule has 0 atom stereocenters. The molecule has 0 bridgehead atoms. The van der Waals surface area contributed by atoms with Gasteiger partial charge in [-0.1, -0.05) is 42.1 Å². The van der Waals surface area contributed by atoms with Gasteiger partial charge in [0.25, 0.3) is 11.8 Å². The minimum absolute atomic E-state index is 0.0156. The standard InChI is InChI=1S/C28H26N4O3S/c1-34-22-13-11-21(12-14-22)31-17-19-32(20-18-31)28(33)24-9-5-6-10-25(24)36-27-26(29-15-16-30-27)35-23-7-3-2-4-8-23/h2-16H,17-20H2,1H3. The van der Waals surface area contributed by atoms with Crippen LogP contribution in [0, 0.1) is 0 Å². The highest BCUT2D eigenvalue weighted by atomic mass is 32.2. The number of nitrogens with zero attached hydrogens (tertiary/aromatic N) is 4. The van der Waals surface area contributed by atoms with Crippen LogP contribution >= 0.6 is 11.8 Å². The van der Waals surface area contributed by atoms with Crippen LogP contribution in [0.3, 0.4) is 0 Å². The van der Waals surface area contributed by atoms with Crippen molar-refractivity contribution in [2.75, 3.05) is 38.2 Å². The molecule has 2 heterocycles. The number of carbonyl (C=O) groups is 1. The molecule has 4 aromatic rings. The molecule has 3 aromatic carbocycles. The summed E-state index contributed by atoms with van der Waals surface area (Å²) in [6, 6.07) is 25.1. The van der Waals surface area contributed by atoms with Crippen LogP contribution in [0.25, 0.3) is 0 Å². The monoisotopic (exact) mass is 498 g/mol. The number of benzene rings is 3. The van der Waals surface area contributed by atoms with Gasteiger partial charge in [0.05, 0.1) is 12.7 Å². The third kappa shape index (κ3) is 5.44. The molecule has 0 N–H and O–H groups in total. The van der Waals surface area contributed by atoms with E-state index in [-0.39, 0.29) is 5.91 Å². The number of hydrogen-bond donors (Lipinski definition) is 0. The molecule has 1 aliphatic rings. The Bertz CT molecular complexity index is 1310. The molecule has 36 heavy (non-hydrogen) atoms. The molecular formula is C28H26N4O3S. The Morgan fingerprint density at radius 1 is 0.806 bits per heavy atom. The fourth-order valence-corrected chi connectivity index (χ4v) is 4.94. The molecule has 1 aliphatic heterocycles. The van der Waals surface area contributed by atoms with Crippen LogP contribution in [0.4, 0.5) is 5.69 Å². The van der Waals surface area contributed by atoms with Crippen molar-refractivity contribution in [3.63, 3.8) is 0 Å². The van der Waals surface area contributed by atoms with E-state index in [1.54, 1.807) is 19.5 Å². The second-order valence-corrected chi connectivity index (χ2v) is 9.19. The van der Waals surface area contributed by atoms with Crippen molar-refractivity contribution in [1.82, 2.24) is 14.9 Å². The summed E-state index contributed by atoms with van der Waals surface area (Å²) < 4.78 is 11.2. The maximum absolute atomic E-state index is 13.5. The maximum Gasteiger partial charge on any atom is 0.255 e. The van der Waals surface area contributed by atoms with Crippen molar-refractivity contribution >= 4 is 23.4 Å². The van der Waals surface area contributed by atoms with Gasteiger partial charge in [-0.3, -0.25) is 4.79 Å². The fourth-order valence-electron chi connectivity index (χ4n) is 4.02. The van der Waals surface area contributed by atoms with Gasteiger partial charge in [-0.2, -0.15) is 0 Å². The highest BCUT2D eigenvalue weighted by molar-refractivity contribution is 7.99. The third-order valence-electron chi connectivity index (χ3n) is 5.92. The first kappa shape index (κ1) is 23.7. The summed E-state index contributed by atoms with van der Waals surface area (Å²) in [5.41, 5.74) is 1.78. The smallest absolute Gasteiger partial charge is 0.255 e. The molecule has 1 amide bonds. The van der Waals surface area contributed by atoms with E-state index in [1.165, 1.54) is 11.8 Å². The lowest BCUT2D eigenvalue weighted by Gasteiger charge is -2.36. The molecule has 0 saturated carbocycles. The lowest BCUT2D eigenvalue weighted by molar-refractivity contribution is 0.0743. The molecule has 0 spiro atoms. The van der Waals surface area contributed by atoms with E-state index in [2.05, 4.69) is 27.0 Å². The van der Waals surface area contributed by atoms with Crippen LogP contribution in [0.2, 0.25) is 0 Å². The van der Waals surface area contributed by atoms with Crippen molar-refractivity contribution in [3.05, 3.63) is 96.8 Å².